The summed E-state index contributed by atoms with van der Waals surface area (Å²) in [4.78, 5) is 36.7. The molecule has 0 spiro atoms. The molecule has 0 aromatic carbocycles. The van der Waals surface area contributed by atoms with Crippen molar-refractivity contribution in [3.63, 3.8) is 0 Å². The molecule has 2 unspecified atom stereocenters. The first-order valence-corrected chi connectivity index (χ1v) is 27.6. The predicted octanol–water partition coefficient (Wildman–Crippen LogP) is -15.8. The predicted molar refractivity (Wildman–Crippen MR) is 267 cm³/mol. The zero-order valence-corrected chi connectivity index (χ0v) is 46.6. The van der Waals surface area contributed by atoms with Crippen LogP contribution in [0.2, 0.25) is 0 Å². The average molecular weight is 1280 g/mol. The van der Waals surface area contributed by atoms with Crippen LogP contribution in [0.15, 0.2) is 0 Å². The van der Waals surface area contributed by atoms with Crippen LogP contribution in [0.25, 0.3) is 0 Å². The van der Waals surface area contributed by atoms with Gasteiger partial charge in [-0.1, -0.05) is 0 Å². The Morgan fingerprint density at radius 3 is 1.08 bits per heavy atom. The number of aliphatic hydroxyl groups is 20. The Hall–Kier alpha value is -2.91. The van der Waals surface area contributed by atoms with Crippen molar-refractivity contribution in [2.24, 2.45) is 0 Å². The van der Waals surface area contributed by atoms with Crippen molar-refractivity contribution in [2.45, 2.75) is 236 Å². The number of hydrogen-bond donors (Lipinski definition) is 23. The largest absolute Gasteiger partial charge is 0.394 e. The second-order valence-corrected chi connectivity index (χ2v) is 21.8. The van der Waals surface area contributed by atoms with Gasteiger partial charge >= 0.3 is 0 Å². The van der Waals surface area contributed by atoms with E-state index in [1.165, 1.54) is 0 Å². The molecular formula is C48H81N3O36. The average Bonchev–Trinajstić information content (AvgIpc) is 1.37. The quantitative estimate of drug-likeness (QED) is 0.0479. The molecule has 7 saturated heterocycles. The molecule has 0 aromatic heterocycles. The molecule has 0 saturated carbocycles. The molecule has 7 rings (SSSR count). The second-order valence-electron chi connectivity index (χ2n) is 21.8. The molecule has 7 aliphatic heterocycles. The second kappa shape index (κ2) is 31.1. The Morgan fingerprint density at radius 2 is 0.609 bits per heavy atom. The molecule has 39 nitrogen and oxygen atoms in total. The van der Waals surface area contributed by atoms with Gasteiger partial charge in [-0.3, -0.25) is 14.4 Å². The van der Waals surface area contributed by atoms with Crippen LogP contribution in [0, 0.1) is 0 Å². The van der Waals surface area contributed by atoms with Crippen molar-refractivity contribution < 1.29 is 178 Å². The minimum Gasteiger partial charge on any atom is -0.394 e. The molecule has 87 heavy (non-hydrogen) atoms. The fourth-order valence-corrected chi connectivity index (χ4v) is 11.1. The van der Waals surface area contributed by atoms with Gasteiger partial charge in [0.25, 0.3) is 0 Å². The molecule has 7 aliphatic rings. The molecule has 0 aliphatic carbocycles. The van der Waals surface area contributed by atoms with Crippen LogP contribution in [-0.4, -0.2) is 381 Å². The van der Waals surface area contributed by atoms with Gasteiger partial charge < -0.3 is 180 Å². The minimum atomic E-state index is -2.38. The fourth-order valence-electron chi connectivity index (χ4n) is 11.1. The van der Waals surface area contributed by atoms with E-state index in [9.17, 15) is 117 Å². The Labute approximate surface area is 492 Å². The van der Waals surface area contributed by atoms with Gasteiger partial charge in [0.1, 0.15) is 171 Å². The van der Waals surface area contributed by atoms with Crippen molar-refractivity contribution in [1.82, 2.24) is 16.0 Å². The molecule has 3 amide bonds. The van der Waals surface area contributed by atoms with Crippen molar-refractivity contribution in [2.75, 3.05) is 46.2 Å². The normalized spacial score (nSPS) is 48.9. The number of amides is 3. The lowest BCUT2D eigenvalue weighted by atomic mass is 9.94. The van der Waals surface area contributed by atoms with E-state index in [-0.39, 0.29) is 0 Å². The van der Waals surface area contributed by atoms with Gasteiger partial charge in [0, 0.05) is 20.8 Å². The third kappa shape index (κ3) is 15.8. The summed E-state index contributed by atoms with van der Waals surface area (Å²) in [7, 11) is 0. The van der Waals surface area contributed by atoms with Crippen LogP contribution in [-0.2, 0) is 76.0 Å². The summed E-state index contributed by atoms with van der Waals surface area (Å²) in [6.07, 6.45) is -62.5. The van der Waals surface area contributed by atoms with E-state index in [1.54, 1.807) is 0 Å². The summed E-state index contributed by atoms with van der Waals surface area (Å²) < 4.78 is 74.8. The maximum Gasteiger partial charge on any atom is 0.217 e. The van der Waals surface area contributed by atoms with Gasteiger partial charge in [-0.05, 0) is 0 Å². The van der Waals surface area contributed by atoms with Crippen molar-refractivity contribution >= 4 is 17.7 Å². The number of nitrogens with one attached hydrogen (secondary N) is 3. The lowest BCUT2D eigenvalue weighted by molar-refractivity contribution is -0.392. The zero-order chi connectivity index (χ0) is 64.2. The lowest BCUT2D eigenvalue weighted by Crippen LogP contribution is -2.70. The van der Waals surface area contributed by atoms with Gasteiger partial charge in [0.2, 0.25) is 17.7 Å². The topological polar surface area (TPSA) is 612 Å². The van der Waals surface area contributed by atoms with E-state index in [4.69, 9.17) is 61.6 Å². The number of rotatable bonds is 22. The fraction of sp³-hybridized carbons (Fsp3) is 0.938. The van der Waals surface area contributed by atoms with Crippen LogP contribution in [0.3, 0.4) is 0 Å². The SMILES string of the molecule is CC(=O)N[C@H]1[C@H](O[C@H]2[C@H](O)[C@@H](NC(C)=O)C(O)O[C@@H]2CO)O[C@H](CO)[C@@H](O[C@@H]2O[C@H](CO[C@H]3O[C@H](CO)[C@@H](OC4O[C@H](CO)[C@@H](O)[C@H](O)[C@H]4NC(C)=O)[C@H](O)[C@@H]3O)[C@@H](O)[C@H](O[C@H]3O[C@H](CO)[C@@H](O[C@H]4O[C@H](CO)[C@@H](O)[C@H](O)[C@@H]4O)[C@H](O)[C@@H]3O)[C@@H]2O)[C@@H]1O. The summed E-state index contributed by atoms with van der Waals surface area (Å²) in [5.41, 5.74) is 0. The Balaban J connectivity index is 1.15. The lowest BCUT2D eigenvalue weighted by Gasteiger charge is -2.50. The third-order valence-electron chi connectivity index (χ3n) is 15.7. The summed E-state index contributed by atoms with van der Waals surface area (Å²) in [5, 5.41) is 224. The minimum absolute atomic E-state index is 0.740. The number of aliphatic hydroxyl groups excluding tert-OH is 20. The van der Waals surface area contributed by atoms with E-state index >= 15 is 0 Å². The van der Waals surface area contributed by atoms with E-state index in [0.717, 1.165) is 20.8 Å². The maximum atomic E-state index is 12.7. The van der Waals surface area contributed by atoms with Gasteiger partial charge in [-0.2, -0.15) is 0 Å². The summed E-state index contributed by atoms with van der Waals surface area (Å²) in [6, 6.07) is -4.95. The van der Waals surface area contributed by atoms with Crippen LogP contribution < -0.4 is 16.0 Å². The third-order valence-corrected chi connectivity index (χ3v) is 15.7. The van der Waals surface area contributed by atoms with E-state index in [2.05, 4.69) is 16.0 Å². The molecule has 0 bridgehead atoms. The molecule has 0 aromatic rings. The highest BCUT2D eigenvalue weighted by Gasteiger charge is 2.58. The van der Waals surface area contributed by atoms with Crippen LogP contribution >= 0.6 is 0 Å². The van der Waals surface area contributed by atoms with Gasteiger partial charge in [-0.25, -0.2) is 0 Å². The van der Waals surface area contributed by atoms with E-state index in [0.29, 0.717) is 0 Å². The summed E-state index contributed by atoms with van der Waals surface area (Å²) in [6.45, 7) is -3.87. The first-order chi connectivity index (χ1) is 41.1. The Bertz CT molecular complexity index is 2180. The molecule has 0 radical (unpaired) electrons. The Kier molecular flexibility index (Phi) is 25.6. The monoisotopic (exact) mass is 1280 g/mol. The molecular weight excluding hydrogens is 1190 g/mol. The first kappa shape index (κ1) is 71.5. The van der Waals surface area contributed by atoms with Gasteiger partial charge in [0.15, 0.2) is 44.0 Å². The van der Waals surface area contributed by atoms with E-state index in [1.807, 2.05) is 0 Å². The summed E-state index contributed by atoms with van der Waals surface area (Å²) >= 11 is 0. The molecule has 7 fully saturated rings. The van der Waals surface area contributed by atoms with Gasteiger partial charge in [-0.15, -0.1) is 0 Å². The van der Waals surface area contributed by atoms with Crippen molar-refractivity contribution in [1.29, 1.82) is 0 Å². The van der Waals surface area contributed by atoms with Crippen molar-refractivity contribution in [3.8, 4) is 0 Å². The number of carbonyl (C=O) groups is 3. The number of carbonyl (C=O) groups excluding carboxylic acids is 3. The molecule has 39 heteroatoms. The molecule has 504 valence electrons. The zero-order valence-electron chi connectivity index (χ0n) is 46.6. The van der Waals surface area contributed by atoms with Crippen LogP contribution in [0.4, 0.5) is 0 Å². The number of ether oxygens (including phenoxy) is 13. The highest BCUT2D eigenvalue weighted by atomic mass is 16.8. The summed E-state index contributed by atoms with van der Waals surface area (Å²) in [5.74, 6) is -2.36. The Morgan fingerprint density at radius 1 is 0.299 bits per heavy atom. The number of hydrogen-bond acceptors (Lipinski definition) is 36. The smallest absolute Gasteiger partial charge is 0.217 e. The standard InChI is InChI=1S/C48H81N3O36/c1-11(58)49-21-28(65)37(16(6-54)76-42(21)74)83-44-23(51-13(3)60)29(66)38(17(7-55)79-44)85-48-36(73)41(87-47-35(72)32(69)40(19(9-57)81-47)86-46-33(70)30(67)25(62)15(5-53)78-46)26(63)20(82-48)10-75-45-34(71)31(68)39(18(8-56)80-45)84-43-22(50-12(2)59)27(64)24(61)14(4-52)77-43/h14-48,52-57,61-74H,4-10H2,1-3H3,(H,49,58)(H,50,59)(H,51,60)/t14-,15-,16-,17-,18-,19-,20-,21-,22-,23-,24-,25-,26-,27-,28-,29-,30+,31-,32-,33+,34+,35+,36+,37-,38-,39-,40-,41+,42?,43?,44+,45+,46-,47-,48+/m1/s1. The van der Waals surface area contributed by atoms with E-state index < -0.39 is 279 Å². The van der Waals surface area contributed by atoms with Gasteiger partial charge in [0.05, 0.1) is 46.2 Å². The van der Waals surface area contributed by atoms with Crippen molar-refractivity contribution in [3.05, 3.63) is 0 Å². The van der Waals surface area contributed by atoms with Crippen LogP contribution in [0.5, 0.6) is 0 Å². The highest BCUT2D eigenvalue weighted by Crippen LogP contribution is 2.37. The molecule has 35 atom stereocenters. The maximum absolute atomic E-state index is 12.7. The first-order valence-electron chi connectivity index (χ1n) is 27.6. The van der Waals surface area contributed by atoms with Crippen LogP contribution in [0.1, 0.15) is 20.8 Å². The molecule has 23 N–H and O–H groups in total. The molecule has 7 heterocycles. The highest BCUT2D eigenvalue weighted by molar-refractivity contribution is 5.74.